The molecule has 1 amide bonds. The SMILES string of the molecule is CCCCN1C(=O)CCc2cc(NS(=O)(=O)c3cccs3)ccc21. The first kappa shape index (κ1) is 17.0. The Kier molecular flexibility index (Phi) is 4.91. The van der Waals surface area contributed by atoms with Crippen molar-refractivity contribution in [3.8, 4) is 0 Å². The van der Waals surface area contributed by atoms with Gasteiger partial charge in [0.05, 0.1) is 0 Å². The van der Waals surface area contributed by atoms with Gasteiger partial charge in [0.1, 0.15) is 4.21 Å². The van der Waals surface area contributed by atoms with Gasteiger partial charge in [-0.05, 0) is 48.1 Å². The van der Waals surface area contributed by atoms with E-state index < -0.39 is 10.0 Å². The molecule has 0 radical (unpaired) electrons. The number of hydrogen-bond acceptors (Lipinski definition) is 4. The summed E-state index contributed by atoms with van der Waals surface area (Å²) in [6, 6.07) is 8.70. The lowest BCUT2D eigenvalue weighted by Gasteiger charge is -2.29. The molecular formula is C17H20N2O3S2. The third kappa shape index (κ3) is 3.47. The molecule has 7 heteroatoms. The maximum atomic E-state index is 12.3. The van der Waals surface area contributed by atoms with Crippen molar-refractivity contribution in [3.63, 3.8) is 0 Å². The number of fused-ring (bicyclic) bond motifs is 1. The van der Waals surface area contributed by atoms with Gasteiger partial charge in [0.25, 0.3) is 10.0 Å². The molecule has 2 heterocycles. The van der Waals surface area contributed by atoms with Crippen LogP contribution in [0.25, 0.3) is 0 Å². The van der Waals surface area contributed by atoms with E-state index in [1.54, 1.807) is 23.6 Å². The van der Waals surface area contributed by atoms with Gasteiger partial charge in [-0.3, -0.25) is 9.52 Å². The number of hydrogen-bond donors (Lipinski definition) is 1. The minimum atomic E-state index is -3.55. The van der Waals surface area contributed by atoms with Gasteiger partial charge in [0.2, 0.25) is 5.91 Å². The maximum Gasteiger partial charge on any atom is 0.271 e. The van der Waals surface area contributed by atoms with Crippen LogP contribution in [-0.4, -0.2) is 20.9 Å². The predicted octanol–water partition coefficient (Wildman–Crippen LogP) is 3.63. The molecule has 0 bridgehead atoms. The number of nitrogens with zero attached hydrogens (tertiary/aromatic N) is 1. The molecule has 0 saturated heterocycles. The van der Waals surface area contributed by atoms with Crippen molar-refractivity contribution in [3.05, 3.63) is 41.3 Å². The Hall–Kier alpha value is -1.86. The standard InChI is InChI=1S/C17H20N2O3S2/c1-2-3-10-19-15-8-7-14(12-13(15)6-9-16(19)20)18-24(21,22)17-5-4-11-23-17/h4-5,7-8,11-12,18H,2-3,6,9-10H2,1H3. The van der Waals surface area contributed by atoms with Gasteiger partial charge < -0.3 is 4.90 Å². The Morgan fingerprint density at radius 1 is 1.25 bits per heavy atom. The first-order valence-corrected chi connectivity index (χ1v) is 10.4. The fourth-order valence-corrected chi connectivity index (χ4v) is 4.85. The Labute approximate surface area is 146 Å². The molecule has 1 aromatic heterocycles. The van der Waals surface area contributed by atoms with Gasteiger partial charge >= 0.3 is 0 Å². The first-order valence-electron chi connectivity index (χ1n) is 8.01. The topological polar surface area (TPSA) is 66.5 Å². The lowest BCUT2D eigenvalue weighted by molar-refractivity contribution is -0.118. The highest BCUT2D eigenvalue weighted by Crippen LogP contribution is 2.31. The molecular weight excluding hydrogens is 344 g/mol. The molecule has 2 aromatic rings. The number of unbranched alkanes of at least 4 members (excludes halogenated alkanes) is 1. The minimum absolute atomic E-state index is 0.142. The highest BCUT2D eigenvalue weighted by Gasteiger charge is 2.24. The van der Waals surface area contributed by atoms with E-state index in [2.05, 4.69) is 11.6 Å². The number of nitrogens with one attached hydrogen (secondary N) is 1. The minimum Gasteiger partial charge on any atom is -0.312 e. The zero-order chi connectivity index (χ0) is 17.2. The van der Waals surface area contributed by atoms with E-state index in [1.807, 2.05) is 17.0 Å². The summed E-state index contributed by atoms with van der Waals surface area (Å²) in [5.41, 5.74) is 2.45. The summed E-state index contributed by atoms with van der Waals surface area (Å²) in [4.78, 5) is 14.0. The molecule has 5 nitrogen and oxygen atoms in total. The summed E-state index contributed by atoms with van der Waals surface area (Å²) < 4.78 is 27.6. The van der Waals surface area contributed by atoms with Crippen LogP contribution >= 0.6 is 11.3 Å². The van der Waals surface area contributed by atoms with Crippen LogP contribution in [0.1, 0.15) is 31.7 Å². The highest BCUT2D eigenvalue weighted by molar-refractivity contribution is 7.94. The van der Waals surface area contributed by atoms with Crippen LogP contribution < -0.4 is 9.62 Å². The van der Waals surface area contributed by atoms with Gasteiger partial charge in [0.15, 0.2) is 0 Å². The van der Waals surface area contributed by atoms with E-state index in [4.69, 9.17) is 0 Å². The quantitative estimate of drug-likeness (QED) is 0.851. The second kappa shape index (κ2) is 6.94. The third-order valence-corrected chi connectivity index (χ3v) is 6.81. The van der Waals surface area contributed by atoms with E-state index >= 15 is 0 Å². The molecule has 0 fully saturated rings. The van der Waals surface area contributed by atoms with E-state index in [0.717, 1.165) is 24.1 Å². The molecule has 3 rings (SSSR count). The summed E-state index contributed by atoms with van der Waals surface area (Å²) in [5, 5.41) is 1.73. The number of thiophene rings is 1. The average molecular weight is 364 g/mol. The summed E-state index contributed by atoms with van der Waals surface area (Å²) in [6.07, 6.45) is 3.10. The van der Waals surface area contributed by atoms with Gasteiger partial charge in [-0.2, -0.15) is 0 Å². The van der Waals surface area contributed by atoms with Gasteiger partial charge in [-0.15, -0.1) is 11.3 Å². The summed E-state index contributed by atoms with van der Waals surface area (Å²) >= 11 is 1.18. The van der Waals surface area contributed by atoms with Crippen LogP contribution in [0.4, 0.5) is 11.4 Å². The molecule has 1 aliphatic rings. The Morgan fingerprint density at radius 3 is 2.79 bits per heavy atom. The molecule has 0 atom stereocenters. The molecule has 24 heavy (non-hydrogen) atoms. The zero-order valence-corrected chi connectivity index (χ0v) is 15.1. The maximum absolute atomic E-state index is 12.3. The van der Waals surface area contributed by atoms with E-state index in [-0.39, 0.29) is 5.91 Å². The summed E-state index contributed by atoms with van der Waals surface area (Å²) in [7, 11) is -3.55. The normalized spacial score (nSPS) is 14.5. The van der Waals surface area contributed by atoms with Gasteiger partial charge in [-0.1, -0.05) is 19.4 Å². The molecule has 1 aliphatic heterocycles. The van der Waals surface area contributed by atoms with Crippen LogP contribution in [0.2, 0.25) is 0 Å². The molecule has 128 valence electrons. The number of amides is 1. The van der Waals surface area contributed by atoms with Crippen LogP contribution in [0.15, 0.2) is 39.9 Å². The van der Waals surface area contributed by atoms with E-state index in [1.165, 1.54) is 11.3 Å². The Balaban J connectivity index is 1.85. The van der Waals surface area contributed by atoms with Crippen molar-refractivity contribution in [2.75, 3.05) is 16.2 Å². The average Bonchev–Trinajstić information content (AvgIpc) is 3.09. The van der Waals surface area contributed by atoms with Crippen molar-refractivity contribution >= 4 is 38.6 Å². The smallest absolute Gasteiger partial charge is 0.271 e. The van der Waals surface area contributed by atoms with Gasteiger partial charge in [0, 0.05) is 24.3 Å². The lowest BCUT2D eigenvalue weighted by atomic mass is 10.00. The number of rotatable bonds is 6. The second-order valence-electron chi connectivity index (χ2n) is 5.78. The number of carbonyl (C=O) groups is 1. The Morgan fingerprint density at radius 2 is 2.08 bits per heavy atom. The third-order valence-electron chi connectivity index (χ3n) is 4.03. The first-order chi connectivity index (χ1) is 11.5. The zero-order valence-electron chi connectivity index (χ0n) is 13.5. The number of aryl methyl sites for hydroxylation is 1. The van der Waals surface area contributed by atoms with Crippen molar-refractivity contribution in [2.24, 2.45) is 0 Å². The fourth-order valence-electron chi connectivity index (χ4n) is 2.81. The number of carbonyl (C=O) groups excluding carboxylic acids is 1. The largest absolute Gasteiger partial charge is 0.312 e. The van der Waals surface area contributed by atoms with Crippen LogP contribution in [0.3, 0.4) is 0 Å². The molecule has 0 aliphatic carbocycles. The highest BCUT2D eigenvalue weighted by atomic mass is 32.2. The number of anilines is 2. The van der Waals surface area contributed by atoms with Crippen molar-refractivity contribution in [1.29, 1.82) is 0 Å². The molecule has 0 saturated carbocycles. The molecule has 1 N–H and O–H groups in total. The van der Waals surface area contributed by atoms with Crippen LogP contribution in [0, 0.1) is 0 Å². The van der Waals surface area contributed by atoms with E-state index in [0.29, 0.717) is 29.3 Å². The molecule has 0 unspecified atom stereocenters. The van der Waals surface area contributed by atoms with Crippen LogP contribution in [0.5, 0.6) is 0 Å². The van der Waals surface area contributed by atoms with E-state index in [9.17, 15) is 13.2 Å². The summed E-state index contributed by atoms with van der Waals surface area (Å²) in [6.45, 7) is 2.81. The van der Waals surface area contributed by atoms with Crippen molar-refractivity contribution < 1.29 is 13.2 Å². The fraction of sp³-hybridized carbons (Fsp3) is 0.353. The number of sulfonamides is 1. The molecule has 0 spiro atoms. The van der Waals surface area contributed by atoms with Crippen molar-refractivity contribution in [1.82, 2.24) is 0 Å². The van der Waals surface area contributed by atoms with Gasteiger partial charge in [-0.25, -0.2) is 8.42 Å². The second-order valence-corrected chi connectivity index (χ2v) is 8.64. The lowest BCUT2D eigenvalue weighted by Crippen LogP contribution is -2.35. The Bertz CT molecular complexity index is 830. The summed E-state index contributed by atoms with van der Waals surface area (Å²) in [5.74, 6) is 0.142. The van der Waals surface area contributed by atoms with Crippen molar-refractivity contribution in [2.45, 2.75) is 36.8 Å². The molecule has 1 aromatic carbocycles. The monoisotopic (exact) mass is 364 g/mol. The number of benzene rings is 1. The van der Waals surface area contributed by atoms with Crippen LogP contribution in [-0.2, 0) is 21.2 Å². The predicted molar refractivity (Wildman–Crippen MR) is 97.2 cm³/mol.